The molecule has 0 bridgehead atoms. The second-order valence-electron chi connectivity index (χ2n) is 3.78. The maximum absolute atomic E-state index is 12.9. The smallest absolute Gasteiger partial charge is 0.369 e. The molecule has 0 aliphatic carbocycles. The van der Waals surface area contributed by atoms with Gasteiger partial charge in [0, 0.05) is 23.7 Å². The molecular weight excluding hydrogens is 275 g/mol. The summed E-state index contributed by atoms with van der Waals surface area (Å²) in [6, 6.07) is 4.78. The lowest BCUT2D eigenvalue weighted by Crippen LogP contribution is -2.31. The van der Waals surface area contributed by atoms with Gasteiger partial charge in [-0.2, -0.15) is 18.4 Å². The Balaban J connectivity index is 2.54. The maximum Gasteiger partial charge on any atom is 0.417 e. The predicted molar refractivity (Wildman–Crippen MR) is 66.8 cm³/mol. The van der Waals surface area contributed by atoms with E-state index in [4.69, 9.17) is 5.26 Å². The molecule has 2 heterocycles. The van der Waals surface area contributed by atoms with Crippen molar-refractivity contribution in [1.29, 1.82) is 5.26 Å². The van der Waals surface area contributed by atoms with Gasteiger partial charge in [-0.05, 0) is 18.2 Å². The van der Waals surface area contributed by atoms with Gasteiger partial charge in [0.1, 0.15) is 5.37 Å². The Hall–Kier alpha value is -1.94. The van der Waals surface area contributed by atoms with Gasteiger partial charge in [0.05, 0.1) is 17.2 Å². The van der Waals surface area contributed by atoms with Crippen LogP contribution in [0.1, 0.15) is 5.56 Å². The van der Waals surface area contributed by atoms with Gasteiger partial charge in [-0.25, -0.2) is 0 Å². The fourth-order valence-electron chi connectivity index (χ4n) is 1.68. The van der Waals surface area contributed by atoms with Gasteiger partial charge in [0.2, 0.25) is 0 Å². The Morgan fingerprint density at radius 2 is 2.16 bits per heavy atom. The van der Waals surface area contributed by atoms with Crippen LogP contribution in [-0.4, -0.2) is 16.5 Å². The normalized spacial score (nSPS) is 19.5. The molecular formula is C12H8F3N3S. The molecule has 0 amide bonds. The van der Waals surface area contributed by atoms with Gasteiger partial charge >= 0.3 is 6.18 Å². The first-order valence-corrected chi connectivity index (χ1v) is 5.73. The number of alkyl halides is 3. The number of nitrogens with zero attached hydrogens (tertiary/aromatic N) is 2. The van der Waals surface area contributed by atoms with Crippen molar-refractivity contribution in [2.45, 2.75) is 11.6 Å². The van der Waals surface area contributed by atoms with Crippen molar-refractivity contribution >= 4 is 18.3 Å². The number of dihydropyridines is 1. The van der Waals surface area contributed by atoms with Crippen molar-refractivity contribution in [3.05, 3.63) is 47.3 Å². The van der Waals surface area contributed by atoms with Crippen molar-refractivity contribution in [2.24, 2.45) is 0 Å². The molecule has 0 saturated heterocycles. The van der Waals surface area contributed by atoms with Crippen LogP contribution < -0.4 is 5.32 Å². The molecule has 0 radical (unpaired) electrons. The molecule has 1 aromatic rings. The Labute approximate surface area is 112 Å². The minimum atomic E-state index is -4.60. The minimum Gasteiger partial charge on any atom is -0.369 e. The van der Waals surface area contributed by atoms with E-state index in [1.807, 2.05) is 0 Å². The molecule has 7 heteroatoms. The van der Waals surface area contributed by atoms with Gasteiger partial charge in [0.15, 0.2) is 0 Å². The average Bonchev–Trinajstić information content (AvgIpc) is 2.37. The molecule has 1 atom stereocenters. The van der Waals surface area contributed by atoms with E-state index in [1.54, 1.807) is 18.2 Å². The largest absolute Gasteiger partial charge is 0.417 e. The molecule has 1 aliphatic rings. The van der Waals surface area contributed by atoms with Crippen LogP contribution in [0.5, 0.6) is 0 Å². The first-order chi connectivity index (χ1) is 8.93. The first kappa shape index (κ1) is 13.5. The quantitative estimate of drug-likeness (QED) is 0.779. The first-order valence-electron chi connectivity index (χ1n) is 5.21. The highest BCUT2D eigenvalue weighted by Crippen LogP contribution is 2.35. The standard InChI is InChI=1S/C12H8F3N3S/c13-12(14,15)9-4-10(7-2-1-3-17-6-7)18-11(19)8(9)5-16/h1-4,6,11,18-19H. The van der Waals surface area contributed by atoms with Crippen LogP contribution in [0.3, 0.4) is 0 Å². The number of halogens is 3. The molecule has 1 unspecified atom stereocenters. The molecule has 98 valence electrons. The van der Waals surface area contributed by atoms with E-state index >= 15 is 0 Å². The van der Waals surface area contributed by atoms with Crippen LogP contribution in [-0.2, 0) is 0 Å². The number of allylic oxidation sites excluding steroid dienone is 2. The second-order valence-corrected chi connectivity index (χ2v) is 4.30. The third-order valence-electron chi connectivity index (χ3n) is 2.54. The predicted octanol–water partition coefficient (Wildman–Crippen LogP) is 2.66. The summed E-state index contributed by atoms with van der Waals surface area (Å²) in [4.78, 5) is 3.84. The van der Waals surface area contributed by atoms with Crippen LogP contribution in [0.2, 0.25) is 0 Å². The van der Waals surface area contributed by atoms with Crippen LogP contribution in [0, 0.1) is 11.3 Å². The molecule has 3 nitrogen and oxygen atoms in total. The van der Waals surface area contributed by atoms with Crippen molar-refractivity contribution < 1.29 is 13.2 Å². The fourth-order valence-corrected chi connectivity index (χ4v) is 2.01. The number of nitriles is 1. The van der Waals surface area contributed by atoms with E-state index in [2.05, 4.69) is 22.9 Å². The molecule has 0 saturated carbocycles. The highest BCUT2D eigenvalue weighted by molar-refractivity contribution is 7.81. The Kier molecular flexibility index (Phi) is 3.53. The van der Waals surface area contributed by atoms with Crippen molar-refractivity contribution in [3.63, 3.8) is 0 Å². The van der Waals surface area contributed by atoms with Crippen LogP contribution in [0.25, 0.3) is 5.70 Å². The van der Waals surface area contributed by atoms with Crippen LogP contribution >= 0.6 is 12.6 Å². The molecule has 1 aromatic heterocycles. The van der Waals surface area contributed by atoms with Gasteiger partial charge in [-0.15, -0.1) is 12.6 Å². The zero-order valence-electron chi connectivity index (χ0n) is 9.44. The summed E-state index contributed by atoms with van der Waals surface area (Å²) >= 11 is 3.98. The SMILES string of the molecule is N#CC1=C(C(F)(F)F)C=C(c2cccnc2)NC1S. The summed E-state index contributed by atoms with van der Waals surface area (Å²) in [5, 5.41) is 10.6. The number of nitrogens with one attached hydrogen (secondary N) is 1. The Morgan fingerprint density at radius 3 is 2.68 bits per heavy atom. The summed E-state index contributed by atoms with van der Waals surface area (Å²) in [6.07, 6.45) is -0.735. The minimum absolute atomic E-state index is 0.236. The van der Waals surface area contributed by atoms with Crippen molar-refractivity contribution in [3.8, 4) is 6.07 Å². The lowest BCUT2D eigenvalue weighted by molar-refractivity contribution is -0.0890. The average molecular weight is 283 g/mol. The third kappa shape index (κ3) is 2.74. The molecule has 0 spiro atoms. The molecule has 0 aromatic carbocycles. The molecule has 1 aliphatic heterocycles. The number of thiol groups is 1. The fraction of sp³-hybridized carbons (Fsp3) is 0.167. The van der Waals surface area contributed by atoms with E-state index < -0.39 is 22.7 Å². The summed E-state index contributed by atoms with van der Waals surface area (Å²) in [5.74, 6) is 0. The maximum atomic E-state index is 12.9. The van der Waals surface area contributed by atoms with Crippen molar-refractivity contribution in [1.82, 2.24) is 10.3 Å². The highest BCUT2D eigenvalue weighted by atomic mass is 32.1. The van der Waals surface area contributed by atoms with Gasteiger partial charge < -0.3 is 5.32 Å². The summed E-state index contributed by atoms with van der Waals surface area (Å²) in [5.41, 5.74) is -0.684. The lowest BCUT2D eigenvalue weighted by Gasteiger charge is -2.25. The zero-order valence-corrected chi connectivity index (χ0v) is 10.3. The number of hydrogen-bond donors (Lipinski definition) is 2. The molecule has 2 rings (SSSR count). The Morgan fingerprint density at radius 1 is 1.42 bits per heavy atom. The highest BCUT2D eigenvalue weighted by Gasteiger charge is 2.39. The Bertz CT molecular complexity index is 584. The number of rotatable bonds is 1. The van der Waals surface area contributed by atoms with E-state index in [0.717, 1.165) is 6.08 Å². The van der Waals surface area contributed by atoms with E-state index in [1.165, 1.54) is 12.4 Å². The van der Waals surface area contributed by atoms with E-state index in [-0.39, 0.29) is 5.70 Å². The second kappa shape index (κ2) is 4.97. The van der Waals surface area contributed by atoms with Crippen LogP contribution in [0.4, 0.5) is 13.2 Å². The lowest BCUT2D eigenvalue weighted by atomic mass is 10.0. The monoisotopic (exact) mass is 283 g/mol. The molecule has 0 fully saturated rings. The summed E-state index contributed by atoms with van der Waals surface area (Å²) in [7, 11) is 0. The number of pyridine rings is 1. The van der Waals surface area contributed by atoms with Crippen molar-refractivity contribution in [2.75, 3.05) is 0 Å². The van der Waals surface area contributed by atoms with E-state index in [0.29, 0.717) is 5.56 Å². The summed E-state index contributed by atoms with van der Waals surface area (Å²) in [6.45, 7) is 0. The topological polar surface area (TPSA) is 48.7 Å². The zero-order chi connectivity index (χ0) is 14.0. The number of aromatic nitrogens is 1. The van der Waals surface area contributed by atoms with Gasteiger partial charge in [0.25, 0.3) is 0 Å². The molecule has 19 heavy (non-hydrogen) atoms. The van der Waals surface area contributed by atoms with E-state index in [9.17, 15) is 13.2 Å². The number of hydrogen-bond acceptors (Lipinski definition) is 4. The third-order valence-corrected chi connectivity index (χ3v) is 2.93. The summed E-state index contributed by atoms with van der Waals surface area (Å²) < 4.78 is 38.7. The van der Waals surface area contributed by atoms with Gasteiger partial charge in [-0.3, -0.25) is 4.98 Å². The van der Waals surface area contributed by atoms with Crippen LogP contribution in [0.15, 0.2) is 41.7 Å². The molecule has 1 N–H and O–H groups in total. The van der Waals surface area contributed by atoms with Gasteiger partial charge in [-0.1, -0.05) is 0 Å².